The van der Waals surface area contributed by atoms with E-state index >= 15 is 0 Å². The number of nitrogens with one attached hydrogen (secondary N) is 1. The largest absolute Gasteiger partial charge is 0.356 e. The number of carbonyl (C=O) groups excluding carboxylic acids is 1. The summed E-state index contributed by atoms with van der Waals surface area (Å²) in [4.78, 5) is 14.7. The summed E-state index contributed by atoms with van der Waals surface area (Å²) in [7, 11) is 0. The van der Waals surface area contributed by atoms with E-state index in [-0.39, 0.29) is 5.92 Å². The van der Waals surface area contributed by atoms with Gasteiger partial charge in [0.05, 0.1) is 5.92 Å². The van der Waals surface area contributed by atoms with Crippen LogP contribution < -0.4 is 5.32 Å². The van der Waals surface area contributed by atoms with Gasteiger partial charge in [-0.1, -0.05) is 30.3 Å². The molecule has 1 aromatic carbocycles. The van der Waals surface area contributed by atoms with Gasteiger partial charge in [-0.15, -0.1) is 0 Å². The van der Waals surface area contributed by atoms with Crippen LogP contribution >= 0.6 is 0 Å². The molecule has 1 N–H and O–H groups in total. The smallest absolute Gasteiger partial charge is 0.224 e. The summed E-state index contributed by atoms with van der Waals surface area (Å²) < 4.78 is 0. The minimum absolute atomic E-state index is 0.212. The van der Waals surface area contributed by atoms with Gasteiger partial charge in [0.2, 0.25) is 5.91 Å². The molecule has 22 heavy (non-hydrogen) atoms. The van der Waals surface area contributed by atoms with Gasteiger partial charge < -0.3 is 10.2 Å². The summed E-state index contributed by atoms with van der Waals surface area (Å²) in [6, 6.07) is 10.7. The SMILES string of the molecule is O=C(NCC1CC1)[C@@H]1CCCN(CCCc2ccccc2)C1. The third-order valence-electron chi connectivity index (χ3n) is 4.92. The van der Waals surface area contributed by atoms with Gasteiger partial charge in [0.1, 0.15) is 0 Å². The fourth-order valence-corrected chi connectivity index (χ4v) is 3.34. The van der Waals surface area contributed by atoms with E-state index in [2.05, 4.69) is 40.5 Å². The maximum atomic E-state index is 12.2. The highest BCUT2D eigenvalue weighted by atomic mass is 16.1. The van der Waals surface area contributed by atoms with Crippen molar-refractivity contribution in [3.63, 3.8) is 0 Å². The van der Waals surface area contributed by atoms with Gasteiger partial charge in [-0.25, -0.2) is 0 Å². The minimum atomic E-state index is 0.212. The number of piperidine rings is 1. The Morgan fingerprint density at radius 2 is 2.00 bits per heavy atom. The van der Waals surface area contributed by atoms with E-state index in [4.69, 9.17) is 0 Å². The van der Waals surface area contributed by atoms with Crippen molar-refractivity contribution in [1.82, 2.24) is 10.2 Å². The molecule has 1 aromatic rings. The Labute approximate surface area is 134 Å². The Morgan fingerprint density at radius 1 is 1.18 bits per heavy atom. The second kappa shape index (κ2) is 7.77. The van der Waals surface area contributed by atoms with Gasteiger partial charge in [0, 0.05) is 13.1 Å². The van der Waals surface area contributed by atoms with Crippen molar-refractivity contribution in [2.24, 2.45) is 11.8 Å². The van der Waals surface area contributed by atoms with Crippen LogP contribution in [0.2, 0.25) is 0 Å². The molecule has 3 heteroatoms. The van der Waals surface area contributed by atoms with Gasteiger partial charge in [-0.3, -0.25) is 4.79 Å². The number of likely N-dealkylation sites (tertiary alicyclic amines) is 1. The Bertz CT molecular complexity index is 470. The summed E-state index contributed by atoms with van der Waals surface area (Å²) in [6.07, 6.45) is 7.14. The zero-order valence-corrected chi connectivity index (χ0v) is 13.5. The minimum Gasteiger partial charge on any atom is -0.356 e. The molecule has 120 valence electrons. The average molecular weight is 300 g/mol. The van der Waals surface area contributed by atoms with E-state index in [1.807, 2.05) is 0 Å². The molecular weight excluding hydrogens is 272 g/mol. The first-order valence-electron chi connectivity index (χ1n) is 8.85. The van der Waals surface area contributed by atoms with Crippen molar-refractivity contribution < 1.29 is 4.79 Å². The maximum absolute atomic E-state index is 12.2. The number of hydrogen-bond donors (Lipinski definition) is 1. The number of hydrogen-bond acceptors (Lipinski definition) is 2. The molecule has 1 heterocycles. The van der Waals surface area contributed by atoms with Gasteiger partial charge in [-0.05, 0) is 63.1 Å². The van der Waals surface area contributed by atoms with Crippen LogP contribution in [0, 0.1) is 11.8 Å². The fraction of sp³-hybridized carbons (Fsp3) is 0.632. The van der Waals surface area contributed by atoms with Crippen molar-refractivity contribution >= 4 is 5.91 Å². The molecule has 1 saturated carbocycles. The zero-order valence-electron chi connectivity index (χ0n) is 13.5. The van der Waals surface area contributed by atoms with Crippen LogP contribution in [0.5, 0.6) is 0 Å². The predicted octanol–water partition coefficient (Wildman–Crippen LogP) is 2.86. The van der Waals surface area contributed by atoms with Crippen LogP contribution in [-0.2, 0) is 11.2 Å². The van der Waals surface area contributed by atoms with Gasteiger partial charge in [-0.2, -0.15) is 0 Å². The first-order chi connectivity index (χ1) is 10.8. The highest BCUT2D eigenvalue weighted by Crippen LogP contribution is 2.28. The van der Waals surface area contributed by atoms with Crippen LogP contribution in [0.25, 0.3) is 0 Å². The summed E-state index contributed by atoms with van der Waals surface area (Å²) in [5, 5.41) is 3.15. The molecule has 0 aromatic heterocycles. The summed E-state index contributed by atoms with van der Waals surface area (Å²) in [6.45, 7) is 4.12. The van der Waals surface area contributed by atoms with Crippen LogP contribution in [0.4, 0.5) is 0 Å². The second-order valence-corrected chi connectivity index (χ2v) is 6.92. The molecule has 0 spiro atoms. The van der Waals surface area contributed by atoms with Crippen LogP contribution in [0.3, 0.4) is 0 Å². The Balaban J connectivity index is 1.37. The summed E-state index contributed by atoms with van der Waals surface area (Å²) in [5.41, 5.74) is 1.42. The van der Waals surface area contributed by atoms with Crippen LogP contribution in [0.1, 0.15) is 37.7 Å². The van der Waals surface area contributed by atoms with Crippen molar-refractivity contribution in [2.45, 2.75) is 38.5 Å². The van der Waals surface area contributed by atoms with Crippen LogP contribution in [-0.4, -0.2) is 37.0 Å². The molecule has 0 bridgehead atoms. The quantitative estimate of drug-likeness (QED) is 0.840. The highest BCUT2D eigenvalue weighted by Gasteiger charge is 2.27. The van der Waals surface area contributed by atoms with Gasteiger partial charge >= 0.3 is 0 Å². The third kappa shape index (κ3) is 4.84. The monoisotopic (exact) mass is 300 g/mol. The Hall–Kier alpha value is -1.35. The molecule has 1 aliphatic heterocycles. The number of aryl methyl sites for hydroxylation is 1. The number of amides is 1. The zero-order chi connectivity index (χ0) is 15.2. The van der Waals surface area contributed by atoms with Crippen LogP contribution in [0.15, 0.2) is 30.3 Å². The molecule has 2 aliphatic rings. The van der Waals surface area contributed by atoms with Gasteiger partial charge in [0.25, 0.3) is 0 Å². The lowest BCUT2D eigenvalue weighted by Gasteiger charge is -2.32. The lowest BCUT2D eigenvalue weighted by molar-refractivity contribution is -0.126. The Kier molecular flexibility index (Phi) is 5.49. The molecule has 0 unspecified atom stereocenters. The van der Waals surface area contributed by atoms with E-state index < -0.39 is 0 Å². The lowest BCUT2D eigenvalue weighted by Crippen LogP contribution is -2.43. The van der Waals surface area contributed by atoms with Gasteiger partial charge in [0.15, 0.2) is 0 Å². The number of rotatable bonds is 7. The van der Waals surface area contributed by atoms with Crippen molar-refractivity contribution in [1.29, 1.82) is 0 Å². The molecule has 2 fully saturated rings. The summed E-state index contributed by atoms with van der Waals surface area (Å²) >= 11 is 0. The second-order valence-electron chi connectivity index (χ2n) is 6.92. The number of carbonyl (C=O) groups is 1. The van der Waals surface area contributed by atoms with E-state index in [0.29, 0.717) is 5.91 Å². The topological polar surface area (TPSA) is 32.3 Å². The van der Waals surface area contributed by atoms with E-state index in [1.165, 1.54) is 24.8 Å². The number of benzene rings is 1. The van der Waals surface area contributed by atoms with Crippen molar-refractivity contribution in [2.75, 3.05) is 26.2 Å². The maximum Gasteiger partial charge on any atom is 0.224 e. The average Bonchev–Trinajstić information content (AvgIpc) is 3.38. The molecule has 1 atom stereocenters. The molecular formula is C19H28N2O. The first-order valence-corrected chi connectivity index (χ1v) is 8.85. The van der Waals surface area contributed by atoms with Crippen molar-refractivity contribution in [3.8, 4) is 0 Å². The third-order valence-corrected chi connectivity index (χ3v) is 4.92. The molecule has 1 amide bonds. The first kappa shape index (κ1) is 15.5. The normalized spacial score (nSPS) is 22.5. The van der Waals surface area contributed by atoms with Crippen molar-refractivity contribution in [3.05, 3.63) is 35.9 Å². The molecule has 0 radical (unpaired) electrons. The number of nitrogens with zero attached hydrogens (tertiary/aromatic N) is 1. The fourth-order valence-electron chi connectivity index (χ4n) is 3.34. The molecule has 3 nitrogen and oxygen atoms in total. The lowest BCUT2D eigenvalue weighted by atomic mass is 9.96. The summed E-state index contributed by atoms with van der Waals surface area (Å²) in [5.74, 6) is 1.28. The highest BCUT2D eigenvalue weighted by molar-refractivity contribution is 5.79. The van der Waals surface area contributed by atoms with E-state index in [9.17, 15) is 4.79 Å². The molecule has 1 aliphatic carbocycles. The molecule has 3 rings (SSSR count). The predicted molar refractivity (Wildman–Crippen MR) is 89.7 cm³/mol. The van der Waals surface area contributed by atoms with E-state index in [0.717, 1.165) is 51.4 Å². The van der Waals surface area contributed by atoms with E-state index in [1.54, 1.807) is 0 Å². The standard InChI is InChI=1S/C19H28N2O/c22-19(20-14-17-10-11-17)18-9-5-13-21(15-18)12-4-8-16-6-2-1-3-7-16/h1-3,6-7,17-18H,4-5,8-15H2,(H,20,22)/t18-/m1/s1. The molecule has 1 saturated heterocycles. The Morgan fingerprint density at radius 3 is 2.77 bits per heavy atom.